The Morgan fingerprint density at radius 1 is 0.902 bits per heavy atom. The van der Waals surface area contributed by atoms with Crippen molar-refractivity contribution in [3.05, 3.63) is 94.7 Å². The maximum absolute atomic E-state index is 13.8. The van der Waals surface area contributed by atoms with E-state index in [9.17, 15) is 13.2 Å². The number of pyridine rings is 1. The number of anilines is 2. The highest BCUT2D eigenvalue weighted by Crippen LogP contribution is 2.36. The third-order valence-electron chi connectivity index (χ3n) is 8.43. The number of nitrogens with one attached hydrogen (secondary N) is 1. The van der Waals surface area contributed by atoms with Gasteiger partial charge in [0.2, 0.25) is 0 Å². The Hall–Kier alpha value is -3.62. The van der Waals surface area contributed by atoms with Crippen molar-refractivity contribution >= 4 is 22.3 Å². The number of hydrogen-bond donors (Lipinski definition) is 1. The van der Waals surface area contributed by atoms with Gasteiger partial charge in [-0.25, -0.2) is 0 Å². The summed E-state index contributed by atoms with van der Waals surface area (Å²) in [6.07, 6.45) is -3.36. The van der Waals surface area contributed by atoms with Crippen LogP contribution in [-0.4, -0.2) is 53.1 Å². The number of aromatic nitrogens is 1. The van der Waals surface area contributed by atoms with Crippen LogP contribution in [0.4, 0.5) is 24.5 Å². The number of likely N-dealkylation sites (tertiary alicyclic amines) is 2. The highest BCUT2D eigenvalue weighted by atomic mass is 19.4. The number of hydrogen-bond acceptors (Lipinski definition) is 5. The van der Waals surface area contributed by atoms with Crippen LogP contribution in [0.25, 0.3) is 10.9 Å². The van der Waals surface area contributed by atoms with E-state index in [1.807, 2.05) is 37.3 Å². The van der Waals surface area contributed by atoms with E-state index in [0.29, 0.717) is 36.6 Å². The van der Waals surface area contributed by atoms with Crippen LogP contribution >= 0.6 is 0 Å². The van der Waals surface area contributed by atoms with Gasteiger partial charge in [-0.2, -0.15) is 13.2 Å². The van der Waals surface area contributed by atoms with E-state index in [1.54, 1.807) is 6.07 Å². The number of ether oxygens (including phenoxy) is 1. The lowest BCUT2D eigenvalue weighted by Gasteiger charge is -2.34. The lowest BCUT2D eigenvalue weighted by Crippen LogP contribution is -2.47. The summed E-state index contributed by atoms with van der Waals surface area (Å²) in [5.41, 5.74) is 5.84. The first-order chi connectivity index (χ1) is 19.6. The molecule has 2 saturated heterocycles. The molecule has 3 heterocycles. The maximum Gasteiger partial charge on any atom is 0.416 e. The summed E-state index contributed by atoms with van der Waals surface area (Å²) in [6, 6.07) is 20.9. The Labute approximate surface area is 238 Å². The first-order valence-electron chi connectivity index (χ1n) is 14.1. The van der Waals surface area contributed by atoms with Crippen LogP contribution in [0, 0.1) is 20.8 Å². The van der Waals surface area contributed by atoms with Gasteiger partial charge in [0.05, 0.1) is 11.1 Å². The second-order valence-electron chi connectivity index (χ2n) is 11.4. The van der Waals surface area contributed by atoms with Crippen molar-refractivity contribution < 1.29 is 17.9 Å². The summed E-state index contributed by atoms with van der Waals surface area (Å²) < 4.78 is 47.3. The second-order valence-corrected chi connectivity index (χ2v) is 11.4. The summed E-state index contributed by atoms with van der Waals surface area (Å²) in [4.78, 5) is 9.50. The molecule has 2 fully saturated rings. The average Bonchev–Trinajstić information content (AvgIpc) is 3.50. The van der Waals surface area contributed by atoms with Gasteiger partial charge in [0.1, 0.15) is 12.4 Å². The van der Waals surface area contributed by atoms with E-state index in [0.717, 1.165) is 54.8 Å². The van der Waals surface area contributed by atoms with Crippen LogP contribution in [0.5, 0.6) is 5.75 Å². The summed E-state index contributed by atoms with van der Waals surface area (Å²) >= 11 is 0. The molecular formula is C33H35F3N4O. The van der Waals surface area contributed by atoms with Gasteiger partial charge in [0, 0.05) is 66.8 Å². The van der Waals surface area contributed by atoms with Crippen LogP contribution in [0.3, 0.4) is 0 Å². The highest BCUT2D eigenvalue weighted by Gasteiger charge is 2.42. The average molecular weight is 561 g/mol. The number of piperazine rings is 1. The molecule has 2 aliphatic heterocycles. The number of nitrogens with zero attached hydrogens (tertiary/aromatic N) is 3. The van der Waals surface area contributed by atoms with E-state index in [1.165, 1.54) is 16.7 Å². The molecule has 4 aromatic rings. The van der Waals surface area contributed by atoms with E-state index in [4.69, 9.17) is 4.74 Å². The Balaban J connectivity index is 1.10. The normalized spacial score (nSPS) is 19.3. The maximum atomic E-state index is 13.8. The summed E-state index contributed by atoms with van der Waals surface area (Å²) in [6.45, 7) is 10.1. The predicted molar refractivity (Wildman–Crippen MR) is 157 cm³/mol. The number of halogens is 3. The zero-order valence-corrected chi connectivity index (χ0v) is 23.6. The molecule has 0 radical (unpaired) electrons. The number of benzene rings is 3. The minimum Gasteiger partial charge on any atom is -0.492 e. The van der Waals surface area contributed by atoms with Gasteiger partial charge in [0.25, 0.3) is 0 Å². The smallest absolute Gasteiger partial charge is 0.416 e. The fraction of sp³-hybridized carbons (Fsp3) is 0.364. The first-order valence-corrected chi connectivity index (χ1v) is 14.1. The molecule has 0 spiro atoms. The summed E-state index contributed by atoms with van der Waals surface area (Å²) in [7, 11) is 0. The molecule has 2 bridgehead atoms. The zero-order valence-electron chi connectivity index (χ0n) is 23.6. The molecule has 8 heteroatoms. The molecule has 41 heavy (non-hydrogen) atoms. The van der Waals surface area contributed by atoms with Crippen molar-refractivity contribution in [3.8, 4) is 5.75 Å². The van der Waals surface area contributed by atoms with Crippen molar-refractivity contribution in [1.82, 2.24) is 14.8 Å². The topological polar surface area (TPSA) is 40.6 Å². The van der Waals surface area contributed by atoms with Crippen molar-refractivity contribution in [1.29, 1.82) is 0 Å². The number of fused-ring (bicyclic) bond motifs is 3. The van der Waals surface area contributed by atoms with Crippen molar-refractivity contribution in [2.24, 2.45) is 0 Å². The van der Waals surface area contributed by atoms with Gasteiger partial charge in [-0.1, -0.05) is 36.4 Å². The largest absolute Gasteiger partial charge is 0.492 e. The quantitative estimate of drug-likeness (QED) is 0.246. The lowest BCUT2D eigenvalue weighted by atomic mass is 10.1. The van der Waals surface area contributed by atoms with Crippen molar-refractivity contribution in [2.75, 3.05) is 31.6 Å². The Bertz CT molecular complexity index is 1570. The van der Waals surface area contributed by atoms with E-state index in [-0.39, 0.29) is 5.75 Å². The van der Waals surface area contributed by atoms with Crippen LogP contribution < -0.4 is 10.1 Å². The molecule has 3 aromatic carbocycles. The van der Waals surface area contributed by atoms with Crippen molar-refractivity contribution in [2.45, 2.75) is 52.0 Å². The zero-order chi connectivity index (χ0) is 28.7. The van der Waals surface area contributed by atoms with Crippen LogP contribution in [-0.2, 0) is 12.7 Å². The fourth-order valence-corrected chi connectivity index (χ4v) is 6.20. The molecule has 214 valence electrons. The molecule has 2 aliphatic rings. The van der Waals surface area contributed by atoms with Gasteiger partial charge >= 0.3 is 6.18 Å². The first kappa shape index (κ1) is 27.5. The van der Waals surface area contributed by atoms with Gasteiger partial charge in [-0.05, 0) is 68.1 Å². The molecule has 0 aliphatic carbocycles. The van der Waals surface area contributed by atoms with E-state index in [2.05, 4.69) is 52.1 Å². The van der Waals surface area contributed by atoms with Gasteiger partial charge < -0.3 is 10.1 Å². The Morgan fingerprint density at radius 2 is 1.68 bits per heavy atom. The number of aryl methyl sites for hydroxylation is 3. The lowest BCUT2D eigenvalue weighted by molar-refractivity contribution is -0.137. The molecule has 1 aromatic heterocycles. The monoisotopic (exact) mass is 560 g/mol. The second kappa shape index (κ2) is 11.0. The minimum absolute atomic E-state index is 0.207. The Morgan fingerprint density at radius 3 is 2.44 bits per heavy atom. The van der Waals surface area contributed by atoms with Crippen LogP contribution in [0.1, 0.15) is 34.4 Å². The van der Waals surface area contributed by atoms with Gasteiger partial charge in [0.15, 0.2) is 0 Å². The number of para-hydroxylation sites is 1. The molecule has 0 saturated carbocycles. The molecule has 0 amide bonds. The third-order valence-corrected chi connectivity index (χ3v) is 8.43. The molecular weight excluding hydrogens is 525 g/mol. The SMILES string of the molecule is Cc1cc(Nc2cc(OCCN3C[C@H]4C[C@@H]3CN4Cc3ccc(C)c(C)c3)cc(C(F)(F)F)c2)c2ccccc2n1. The van der Waals surface area contributed by atoms with Crippen LogP contribution in [0.2, 0.25) is 0 Å². The summed E-state index contributed by atoms with van der Waals surface area (Å²) in [5, 5.41) is 4.03. The third kappa shape index (κ3) is 6.04. The molecule has 2 atom stereocenters. The summed E-state index contributed by atoms with van der Waals surface area (Å²) in [5.74, 6) is 0.207. The number of alkyl halides is 3. The standard InChI is InChI=1S/C33H35F3N4O/c1-21-8-9-24(12-22(21)2)18-40-20-27-17-28(40)19-39(27)10-11-41-29-15-25(33(34,35)36)14-26(16-29)38-32-13-23(3)37-31-7-5-4-6-30(31)32/h4-9,12-16,27-28H,10-11,17-20H2,1-3H3,(H,37,38)/t27-,28-/m1/s1. The van der Waals surface area contributed by atoms with Gasteiger partial charge in [-0.15, -0.1) is 0 Å². The minimum atomic E-state index is -4.49. The number of rotatable bonds is 8. The highest BCUT2D eigenvalue weighted by molar-refractivity contribution is 5.93. The van der Waals surface area contributed by atoms with E-state index >= 15 is 0 Å². The van der Waals surface area contributed by atoms with E-state index < -0.39 is 11.7 Å². The van der Waals surface area contributed by atoms with Crippen LogP contribution in [0.15, 0.2) is 66.7 Å². The molecule has 6 rings (SSSR count). The predicted octanol–water partition coefficient (Wildman–Crippen LogP) is 7.26. The van der Waals surface area contributed by atoms with Crippen molar-refractivity contribution in [3.63, 3.8) is 0 Å². The fourth-order valence-electron chi connectivity index (χ4n) is 6.20. The Kier molecular flexibility index (Phi) is 7.38. The molecule has 1 N–H and O–H groups in total. The molecule has 0 unspecified atom stereocenters. The molecule has 5 nitrogen and oxygen atoms in total. The van der Waals surface area contributed by atoms with Gasteiger partial charge in [-0.3, -0.25) is 14.8 Å².